The fraction of sp³-hybridized carbons (Fsp3) is 0.500. The van der Waals surface area contributed by atoms with Gasteiger partial charge in [0.05, 0.1) is 5.92 Å². The Morgan fingerprint density at radius 1 is 1.53 bits per heavy atom. The number of anilines is 1. The SMILES string of the molecule is CCc1cccc(NC(=O)[C@H]2CCCNC2)c1. The molecule has 3 nitrogen and oxygen atoms in total. The summed E-state index contributed by atoms with van der Waals surface area (Å²) in [5.74, 6) is 0.263. The summed E-state index contributed by atoms with van der Waals surface area (Å²) in [6, 6.07) is 8.08. The number of benzene rings is 1. The monoisotopic (exact) mass is 232 g/mol. The zero-order valence-corrected chi connectivity index (χ0v) is 10.3. The minimum Gasteiger partial charge on any atom is -0.326 e. The summed E-state index contributed by atoms with van der Waals surface area (Å²) in [6.45, 7) is 3.96. The first kappa shape index (κ1) is 12.1. The standard InChI is InChI=1S/C14H20N2O/c1-2-11-5-3-7-13(9-11)16-14(17)12-6-4-8-15-10-12/h3,5,7,9,12,15H,2,4,6,8,10H2,1H3,(H,16,17)/t12-/m0/s1. The maximum absolute atomic E-state index is 12.0. The van der Waals surface area contributed by atoms with E-state index in [1.165, 1.54) is 5.56 Å². The number of aryl methyl sites for hydroxylation is 1. The van der Waals surface area contributed by atoms with Crippen molar-refractivity contribution in [1.29, 1.82) is 0 Å². The fourth-order valence-corrected chi connectivity index (χ4v) is 2.19. The molecule has 1 heterocycles. The van der Waals surface area contributed by atoms with Crippen molar-refractivity contribution in [1.82, 2.24) is 5.32 Å². The second-order valence-corrected chi connectivity index (χ2v) is 4.59. The van der Waals surface area contributed by atoms with Crippen LogP contribution < -0.4 is 10.6 Å². The van der Waals surface area contributed by atoms with Gasteiger partial charge in [0, 0.05) is 12.2 Å². The van der Waals surface area contributed by atoms with Crippen LogP contribution in [0.25, 0.3) is 0 Å². The van der Waals surface area contributed by atoms with Crippen molar-refractivity contribution >= 4 is 11.6 Å². The summed E-state index contributed by atoms with van der Waals surface area (Å²) in [6.07, 6.45) is 3.08. The zero-order chi connectivity index (χ0) is 12.1. The quantitative estimate of drug-likeness (QED) is 0.838. The molecule has 2 rings (SSSR count). The van der Waals surface area contributed by atoms with E-state index in [0.717, 1.165) is 38.0 Å². The van der Waals surface area contributed by atoms with E-state index in [1.807, 2.05) is 18.2 Å². The van der Waals surface area contributed by atoms with E-state index >= 15 is 0 Å². The highest BCUT2D eigenvalue weighted by atomic mass is 16.1. The molecule has 92 valence electrons. The van der Waals surface area contributed by atoms with E-state index in [9.17, 15) is 4.79 Å². The largest absolute Gasteiger partial charge is 0.326 e. The van der Waals surface area contributed by atoms with Crippen LogP contribution in [-0.2, 0) is 11.2 Å². The Kier molecular flexibility index (Phi) is 4.15. The molecule has 1 fully saturated rings. The van der Waals surface area contributed by atoms with Crippen molar-refractivity contribution in [2.45, 2.75) is 26.2 Å². The number of piperidine rings is 1. The van der Waals surface area contributed by atoms with Gasteiger partial charge < -0.3 is 10.6 Å². The lowest BCUT2D eigenvalue weighted by atomic mass is 9.98. The molecule has 0 saturated carbocycles. The number of hydrogen-bond donors (Lipinski definition) is 2. The van der Waals surface area contributed by atoms with Crippen molar-refractivity contribution in [2.75, 3.05) is 18.4 Å². The normalized spacial score (nSPS) is 19.9. The Labute approximate surface area is 103 Å². The molecule has 0 aromatic heterocycles. The van der Waals surface area contributed by atoms with Gasteiger partial charge in [-0.05, 0) is 43.5 Å². The zero-order valence-electron chi connectivity index (χ0n) is 10.3. The van der Waals surface area contributed by atoms with Gasteiger partial charge in [-0.3, -0.25) is 4.79 Å². The molecule has 0 spiro atoms. The molecular formula is C14H20N2O. The summed E-state index contributed by atoms with van der Waals surface area (Å²) >= 11 is 0. The topological polar surface area (TPSA) is 41.1 Å². The van der Waals surface area contributed by atoms with Crippen LogP contribution in [0.3, 0.4) is 0 Å². The molecular weight excluding hydrogens is 212 g/mol. The Bertz CT molecular complexity index is 384. The second-order valence-electron chi connectivity index (χ2n) is 4.59. The van der Waals surface area contributed by atoms with Crippen molar-refractivity contribution in [3.05, 3.63) is 29.8 Å². The van der Waals surface area contributed by atoms with Crippen molar-refractivity contribution in [3.8, 4) is 0 Å². The molecule has 1 aliphatic rings. The molecule has 0 aliphatic carbocycles. The predicted octanol–water partition coefficient (Wildman–Crippen LogP) is 2.19. The lowest BCUT2D eigenvalue weighted by molar-refractivity contribution is -0.120. The van der Waals surface area contributed by atoms with Crippen LogP contribution in [0.1, 0.15) is 25.3 Å². The van der Waals surface area contributed by atoms with Crippen molar-refractivity contribution in [2.24, 2.45) is 5.92 Å². The lowest BCUT2D eigenvalue weighted by Gasteiger charge is -2.22. The Balaban J connectivity index is 1.96. The summed E-state index contributed by atoms with van der Waals surface area (Å²) in [4.78, 5) is 12.0. The van der Waals surface area contributed by atoms with Gasteiger partial charge in [-0.2, -0.15) is 0 Å². The molecule has 1 aromatic rings. The number of carbonyl (C=O) groups is 1. The molecule has 1 saturated heterocycles. The van der Waals surface area contributed by atoms with Crippen molar-refractivity contribution < 1.29 is 4.79 Å². The van der Waals surface area contributed by atoms with Gasteiger partial charge in [-0.15, -0.1) is 0 Å². The summed E-state index contributed by atoms with van der Waals surface area (Å²) in [5.41, 5.74) is 2.17. The van der Waals surface area contributed by atoms with Crippen molar-refractivity contribution in [3.63, 3.8) is 0 Å². The molecule has 3 heteroatoms. The number of amides is 1. The van der Waals surface area contributed by atoms with Gasteiger partial charge in [0.1, 0.15) is 0 Å². The minimum atomic E-state index is 0.119. The molecule has 0 bridgehead atoms. The van der Waals surface area contributed by atoms with Gasteiger partial charge in [-0.1, -0.05) is 19.1 Å². The average molecular weight is 232 g/mol. The maximum Gasteiger partial charge on any atom is 0.228 e. The van der Waals surface area contributed by atoms with Crippen LogP contribution in [0.5, 0.6) is 0 Å². The first-order chi connectivity index (χ1) is 8.29. The van der Waals surface area contributed by atoms with Gasteiger partial charge in [0.2, 0.25) is 5.91 Å². The Hall–Kier alpha value is -1.35. The summed E-state index contributed by atoms with van der Waals surface area (Å²) < 4.78 is 0. The lowest BCUT2D eigenvalue weighted by Crippen LogP contribution is -2.37. The van der Waals surface area contributed by atoms with Gasteiger partial charge in [-0.25, -0.2) is 0 Å². The predicted molar refractivity (Wildman–Crippen MR) is 70.0 cm³/mol. The first-order valence-electron chi connectivity index (χ1n) is 6.40. The van der Waals surface area contributed by atoms with Crippen LogP contribution in [0.15, 0.2) is 24.3 Å². The van der Waals surface area contributed by atoms with E-state index in [0.29, 0.717) is 0 Å². The van der Waals surface area contributed by atoms with Crippen LogP contribution in [-0.4, -0.2) is 19.0 Å². The number of carbonyl (C=O) groups excluding carboxylic acids is 1. The number of rotatable bonds is 3. The third kappa shape index (κ3) is 3.30. The van der Waals surface area contributed by atoms with Gasteiger partial charge in [0.25, 0.3) is 0 Å². The molecule has 1 atom stereocenters. The van der Waals surface area contributed by atoms with E-state index in [-0.39, 0.29) is 11.8 Å². The molecule has 1 aliphatic heterocycles. The fourth-order valence-electron chi connectivity index (χ4n) is 2.19. The Morgan fingerprint density at radius 3 is 3.12 bits per heavy atom. The Morgan fingerprint density at radius 2 is 2.41 bits per heavy atom. The molecule has 0 radical (unpaired) electrons. The molecule has 2 N–H and O–H groups in total. The van der Waals surface area contributed by atoms with Crippen LogP contribution >= 0.6 is 0 Å². The van der Waals surface area contributed by atoms with Crippen LogP contribution in [0.4, 0.5) is 5.69 Å². The summed E-state index contributed by atoms with van der Waals surface area (Å²) in [7, 11) is 0. The van der Waals surface area contributed by atoms with Gasteiger partial charge >= 0.3 is 0 Å². The molecule has 1 aromatic carbocycles. The minimum absolute atomic E-state index is 0.119. The first-order valence-corrected chi connectivity index (χ1v) is 6.40. The van der Waals surface area contributed by atoms with E-state index in [2.05, 4.69) is 23.6 Å². The third-order valence-electron chi connectivity index (χ3n) is 3.27. The average Bonchev–Trinajstić information content (AvgIpc) is 2.40. The highest BCUT2D eigenvalue weighted by molar-refractivity contribution is 5.92. The third-order valence-corrected chi connectivity index (χ3v) is 3.27. The van der Waals surface area contributed by atoms with E-state index < -0.39 is 0 Å². The van der Waals surface area contributed by atoms with E-state index in [4.69, 9.17) is 0 Å². The number of nitrogens with one attached hydrogen (secondary N) is 2. The number of hydrogen-bond acceptors (Lipinski definition) is 2. The smallest absolute Gasteiger partial charge is 0.228 e. The molecule has 0 unspecified atom stereocenters. The highest BCUT2D eigenvalue weighted by Gasteiger charge is 2.20. The molecule has 1 amide bonds. The summed E-state index contributed by atoms with van der Waals surface area (Å²) in [5, 5.41) is 6.27. The van der Waals surface area contributed by atoms with E-state index in [1.54, 1.807) is 0 Å². The van der Waals surface area contributed by atoms with Crippen LogP contribution in [0.2, 0.25) is 0 Å². The highest BCUT2D eigenvalue weighted by Crippen LogP contribution is 2.15. The van der Waals surface area contributed by atoms with Crippen LogP contribution in [0, 0.1) is 5.92 Å². The second kappa shape index (κ2) is 5.82. The molecule has 17 heavy (non-hydrogen) atoms. The van der Waals surface area contributed by atoms with Gasteiger partial charge in [0.15, 0.2) is 0 Å². The maximum atomic E-state index is 12.0.